The molecule has 0 aliphatic rings. The van der Waals surface area contributed by atoms with Crippen LogP contribution in [0, 0.1) is 6.92 Å². The van der Waals surface area contributed by atoms with E-state index in [0.717, 1.165) is 40.5 Å². The number of carbonyl (C=O) groups excluding carboxylic acids is 1. The molecule has 0 fully saturated rings. The van der Waals surface area contributed by atoms with E-state index in [9.17, 15) is 13.2 Å². The Kier molecular flexibility index (Phi) is 8.15. The molecule has 0 saturated carbocycles. The van der Waals surface area contributed by atoms with Gasteiger partial charge in [0.2, 0.25) is 15.9 Å². The molecule has 2 aromatic rings. The van der Waals surface area contributed by atoms with E-state index in [2.05, 4.69) is 24.1 Å². The van der Waals surface area contributed by atoms with Crippen molar-refractivity contribution in [1.29, 1.82) is 0 Å². The molecular weight excluding hydrogens is 422 g/mol. The van der Waals surface area contributed by atoms with Crippen LogP contribution >= 0.6 is 11.6 Å². The second kappa shape index (κ2) is 10.2. The van der Waals surface area contributed by atoms with E-state index in [4.69, 9.17) is 11.6 Å². The van der Waals surface area contributed by atoms with Crippen LogP contribution in [0.4, 0.5) is 11.4 Å². The number of aryl methyl sites for hydroxylation is 1. The lowest BCUT2D eigenvalue weighted by Gasteiger charge is -2.29. The first-order chi connectivity index (χ1) is 14.1. The summed E-state index contributed by atoms with van der Waals surface area (Å²) in [6.45, 7) is 9.73. The van der Waals surface area contributed by atoms with Gasteiger partial charge in [-0.3, -0.25) is 9.10 Å². The summed E-state index contributed by atoms with van der Waals surface area (Å²) in [5, 5.41) is 3.25. The SMILES string of the molecule is CCN(CC)c1ccc(CNC(=O)[C@H](C)N(c2cc(Cl)ccc2C)S(C)(=O)=O)cc1. The number of rotatable bonds is 9. The molecular formula is C22H30ClN3O3S. The monoisotopic (exact) mass is 451 g/mol. The van der Waals surface area contributed by atoms with Gasteiger partial charge in [0.15, 0.2) is 0 Å². The van der Waals surface area contributed by atoms with E-state index < -0.39 is 16.1 Å². The molecule has 0 bridgehead atoms. The number of nitrogens with zero attached hydrogens (tertiary/aromatic N) is 2. The maximum Gasteiger partial charge on any atom is 0.243 e. The smallest absolute Gasteiger partial charge is 0.243 e. The zero-order valence-electron chi connectivity index (χ0n) is 18.1. The minimum atomic E-state index is -3.70. The zero-order chi connectivity index (χ0) is 22.5. The van der Waals surface area contributed by atoms with Crippen LogP contribution in [0.3, 0.4) is 0 Å². The number of halogens is 1. The number of hydrogen-bond donors (Lipinski definition) is 1. The number of hydrogen-bond acceptors (Lipinski definition) is 4. The van der Waals surface area contributed by atoms with E-state index in [1.165, 1.54) is 0 Å². The molecule has 6 nitrogen and oxygen atoms in total. The van der Waals surface area contributed by atoms with Crippen molar-refractivity contribution in [3.05, 3.63) is 58.6 Å². The second-order valence-corrected chi connectivity index (χ2v) is 9.52. The van der Waals surface area contributed by atoms with Gasteiger partial charge in [-0.25, -0.2) is 8.42 Å². The van der Waals surface area contributed by atoms with Crippen LogP contribution in [0.1, 0.15) is 31.9 Å². The molecule has 0 aromatic heterocycles. The number of amides is 1. The fourth-order valence-electron chi connectivity index (χ4n) is 3.35. The molecule has 2 rings (SSSR count). The molecule has 164 valence electrons. The molecule has 0 saturated heterocycles. The topological polar surface area (TPSA) is 69.7 Å². The zero-order valence-corrected chi connectivity index (χ0v) is 19.7. The third kappa shape index (κ3) is 5.89. The Balaban J connectivity index is 2.15. The number of anilines is 2. The minimum Gasteiger partial charge on any atom is -0.372 e. The van der Waals surface area contributed by atoms with Crippen LogP contribution in [-0.4, -0.2) is 39.7 Å². The maximum atomic E-state index is 12.8. The summed E-state index contributed by atoms with van der Waals surface area (Å²) < 4.78 is 26.1. The molecule has 8 heteroatoms. The lowest BCUT2D eigenvalue weighted by atomic mass is 10.1. The second-order valence-electron chi connectivity index (χ2n) is 7.22. The van der Waals surface area contributed by atoms with Crippen molar-refractivity contribution in [3.8, 4) is 0 Å². The van der Waals surface area contributed by atoms with Crippen molar-refractivity contribution < 1.29 is 13.2 Å². The summed E-state index contributed by atoms with van der Waals surface area (Å²) in [5.74, 6) is -0.382. The van der Waals surface area contributed by atoms with Gasteiger partial charge in [0.25, 0.3) is 0 Å². The van der Waals surface area contributed by atoms with Crippen molar-refractivity contribution in [2.24, 2.45) is 0 Å². The first kappa shape index (κ1) is 24.0. The molecule has 30 heavy (non-hydrogen) atoms. The molecule has 0 radical (unpaired) electrons. The van der Waals surface area contributed by atoms with Crippen LogP contribution in [0.2, 0.25) is 5.02 Å². The van der Waals surface area contributed by atoms with Gasteiger partial charge in [0.05, 0.1) is 11.9 Å². The van der Waals surface area contributed by atoms with E-state index in [1.807, 2.05) is 24.3 Å². The molecule has 0 aliphatic carbocycles. The highest BCUT2D eigenvalue weighted by Crippen LogP contribution is 2.28. The average Bonchev–Trinajstić information content (AvgIpc) is 2.69. The Morgan fingerprint density at radius 3 is 2.23 bits per heavy atom. The van der Waals surface area contributed by atoms with Crippen LogP contribution in [0.5, 0.6) is 0 Å². The Morgan fingerprint density at radius 1 is 1.10 bits per heavy atom. The van der Waals surface area contributed by atoms with Gasteiger partial charge in [-0.1, -0.05) is 29.8 Å². The highest BCUT2D eigenvalue weighted by Gasteiger charge is 2.30. The molecule has 0 unspecified atom stereocenters. The van der Waals surface area contributed by atoms with Crippen molar-refractivity contribution >= 4 is 38.9 Å². The molecule has 1 N–H and O–H groups in total. The summed E-state index contributed by atoms with van der Waals surface area (Å²) in [6.07, 6.45) is 1.09. The average molecular weight is 452 g/mol. The quantitative estimate of drug-likeness (QED) is 0.626. The molecule has 2 aromatic carbocycles. The Morgan fingerprint density at radius 2 is 1.70 bits per heavy atom. The van der Waals surface area contributed by atoms with Gasteiger partial charge in [0.1, 0.15) is 6.04 Å². The summed E-state index contributed by atoms with van der Waals surface area (Å²) >= 11 is 6.07. The van der Waals surface area contributed by atoms with E-state index in [0.29, 0.717) is 17.3 Å². The Labute approximate surface area is 184 Å². The fraction of sp³-hybridized carbons (Fsp3) is 0.409. The first-order valence-corrected chi connectivity index (χ1v) is 12.2. The first-order valence-electron chi connectivity index (χ1n) is 9.95. The predicted molar refractivity (Wildman–Crippen MR) is 125 cm³/mol. The summed E-state index contributed by atoms with van der Waals surface area (Å²) in [5.41, 5.74) is 3.19. The van der Waals surface area contributed by atoms with Gasteiger partial charge >= 0.3 is 0 Å². The van der Waals surface area contributed by atoms with Crippen LogP contribution in [0.25, 0.3) is 0 Å². The van der Waals surface area contributed by atoms with Crippen LogP contribution in [0.15, 0.2) is 42.5 Å². The largest absolute Gasteiger partial charge is 0.372 e. The van der Waals surface area contributed by atoms with Gasteiger partial charge in [-0.05, 0) is 63.1 Å². The number of sulfonamides is 1. The number of nitrogens with one attached hydrogen (secondary N) is 1. The maximum absolute atomic E-state index is 12.8. The normalized spacial score (nSPS) is 12.3. The summed E-state index contributed by atoms with van der Waals surface area (Å²) in [7, 11) is -3.70. The molecule has 1 amide bonds. The van der Waals surface area contributed by atoms with E-state index in [-0.39, 0.29) is 5.91 Å². The van der Waals surface area contributed by atoms with Gasteiger partial charge in [0, 0.05) is 30.3 Å². The van der Waals surface area contributed by atoms with Gasteiger partial charge < -0.3 is 10.2 Å². The Bertz CT molecular complexity index is 974. The molecule has 0 spiro atoms. The Hall–Kier alpha value is -2.25. The van der Waals surface area contributed by atoms with Crippen molar-refractivity contribution in [3.63, 3.8) is 0 Å². The van der Waals surface area contributed by atoms with Crippen molar-refractivity contribution in [2.75, 3.05) is 28.6 Å². The lowest BCUT2D eigenvalue weighted by molar-refractivity contribution is -0.122. The predicted octanol–water partition coefficient (Wildman–Crippen LogP) is 3.97. The van der Waals surface area contributed by atoms with Crippen LogP contribution in [-0.2, 0) is 21.4 Å². The molecule has 0 aliphatic heterocycles. The standard InChI is InChI=1S/C22H30ClN3O3S/c1-6-25(7-2)20-12-9-18(10-13-20)15-24-22(27)17(4)26(30(5,28)29)21-14-19(23)11-8-16(21)3/h8-14,17H,6-7,15H2,1-5H3,(H,24,27)/t17-/m0/s1. The molecule has 0 heterocycles. The fourth-order valence-corrected chi connectivity index (χ4v) is 4.74. The highest BCUT2D eigenvalue weighted by molar-refractivity contribution is 7.92. The van der Waals surface area contributed by atoms with E-state index >= 15 is 0 Å². The molecule has 1 atom stereocenters. The van der Waals surface area contributed by atoms with Gasteiger partial charge in [-0.15, -0.1) is 0 Å². The van der Waals surface area contributed by atoms with E-state index in [1.54, 1.807) is 32.0 Å². The third-order valence-corrected chi connectivity index (χ3v) is 6.49. The van der Waals surface area contributed by atoms with Gasteiger partial charge in [-0.2, -0.15) is 0 Å². The number of carbonyl (C=O) groups is 1. The summed E-state index contributed by atoms with van der Waals surface area (Å²) in [6, 6.07) is 12.0. The lowest BCUT2D eigenvalue weighted by Crippen LogP contribution is -2.48. The summed E-state index contributed by atoms with van der Waals surface area (Å²) in [4.78, 5) is 15.0. The van der Waals surface area contributed by atoms with Crippen LogP contribution < -0.4 is 14.5 Å². The minimum absolute atomic E-state index is 0.313. The third-order valence-electron chi connectivity index (χ3n) is 5.03. The van der Waals surface area contributed by atoms with Crippen molar-refractivity contribution in [1.82, 2.24) is 5.32 Å². The highest BCUT2D eigenvalue weighted by atomic mass is 35.5. The number of benzene rings is 2. The van der Waals surface area contributed by atoms with Crippen molar-refractivity contribution in [2.45, 2.75) is 40.3 Å².